The van der Waals surface area contributed by atoms with Crippen molar-refractivity contribution in [3.63, 3.8) is 0 Å². The largest absolute Gasteiger partial charge is 0.351 e. The van der Waals surface area contributed by atoms with Gasteiger partial charge in [0.25, 0.3) is 5.91 Å². The van der Waals surface area contributed by atoms with Gasteiger partial charge in [-0.1, -0.05) is 42.4 Å². The van der Waals surface area contributed by atoms with Gasteiger partial charge in [-0.25, -0.2) is 0 Å². The Balaban J connectivity index is 1.66. The van der Waals surface area contributed by atoms with Gasteiger partial charge >= 0.3 is 0 Å². The van der Waals surface area contributed by atoms with E-state index in [9.17, 15) is 4.79 Å². The van der Waals surface area contributed by atoms with Gasteiger partial charge in [-0.3, -0.25) is 4.79 Å². The number of hydrogen-bond donors (Lipinski definition) is 0. The number of nitrogens with zero attached hydrogens (tertiary/aromatic N) is 2. The number of likely N-dealkylation sites (tertiary alicyclic amines) is 1. The molecule has 110 valence electrons. The highest BCUT2D eigenvalue weighted by atomic mass is 16.5. The maximum Gasteiger partial charge on any atom is 0.292 e. The van der Waals surface area contributed by atoms with Crippen LogP contribution in [0.15, 0.2) is 40.9 Å². The molecule has 4 nitrogen and oxygen atoms in total. The van der Waals surface area contributed by atoms with E-state index in [1.165, 1.54) is 5.56 Å². The van der Waals surface area contributed by atoms with Crippen molar-refractivity contribution in [2.45, 2.75) is 32.1 Å². The summed E-state index contributed by atoms with van der Waals surface area (Å²) in [5, 5.41) is 4.05. The Morgan fingerprint density at radius 2 is 2.00 bits per heavy atom. The predicted octanol–water partition coefficient (Wildman–Crippen LogP) is 3.26. The molecule has 3 rings (SSSR count). The van der Waals surface area contributed by atoms with Crippen LogP contribution < -0.4 is 0 Å². The molecule has 1 aromatic heterocycles. The van der Waals surface area contributed by atoms with Gasteiger partial charge in [0.1, 0.15) is 0 Å². The number of benzene rings is 1. The third-order valence-electron chi connectivity index (χ3n) is 4.05. The first-order valence-corrected chi connectivity index (χ1v) is 7.54. The second-order valence-corrected chi connectivity index (χ2v) is 5.70. The summed E-state index contributed by atoms with van der Waals surface area (Å²) in [6.45, 7) is 3.82. The molecule has 1 aliphatic heterocycles. The lowest BCUT2D eigenvalue weighted by Gasteiger charge is -2.11. The number of rotatable bonds is 4. The minimum atomic E-state index is -0.0291. The Morgan fingerprint density at radius 3 is 2.71 bits per heavy atom. The molecule has 2 aromatic rings. The van der Waals surface area contributed by atoms with Gasteiger partial charge in [0.05, 0.1) is 5.69 Å². The first kappa shape index (κ1) is 13.9. The van der Waals surface area contributed by atoms with Crippen molar-refractivity contribution < 1.29 is 9.32 Å². The third kappa shape index (κ3) is 3.15. The van der Waals surface area contributed by atoms with E-state index in [4.69, 9.17) is 4.52 Å². The van der Waals surface area contributed by atoms with Crippen LogP contribution in [0.3, 0.4) is 0 Å². The zero-order chi connectivity index (χ0) is 14.7. The van der Waals surface area contributed by atoms with Crippen molar-refractivity contribution in [3.8, 4) is 0 Å². The van der Waals surface area contributed by atoms with Crippen LogP contribution in [-0.2, 0) is 6.42 Å². The first-order chi connectivity index (χ1) is 10.2. The number of aromatic nitrogens is 1. The molecular formula is C17H20N2O2. The van der Waals surface area contributed by atoms with E-state index < -0.39 is 0 Å². The number of hydrogen-bond acceptors (Lipinski definition) is 3. The lowest BCUT2D eigenvalue weighted by molar-refractivity contribution is 0.0751. The molecule has 1 unspecified atom stereocenters. The summed E-state index contributed by atoms with van der Waals surface area (Å²) in [4.78, 5) is 14.0. The monoisotopic (exact) mass is 284 g/mol. The van der Waals surface area contributed by atoms with E-state index in [0.29, 0.717) is 11.7 Å². The summed E-state index contributed by atoms with van der Waals surface area (Å²) in [5.74, 6) is 0.691. The van der Waals surface area contributed by atoms with Crippen LogP contribution in [0.1, 0.15) is 47.5 Å². The van der Waals surface area contributed by atoms with E-state index in [-0.39, 0.29) is 5.91 Å². The molecule has 1 aromatic carbocycles. The normalized spacial score (nSPS) is 16.1. The number of carbonyl (C=O) groups excluding carboxylic acids is 1. The van der Waals surface area contributed by atoms with Gasteiger partial charge in [0, 0.05) is 19.2 Å². The van der Waals surface area contributed by atoms with E-state index in [1.54, 1.807) is 6.07 Å². The Morgan fingerprint density at radius 1 is 1.29 bits per heavy atom. The van der Waals surface area contributed by atoms with Crippen molar-refractivity contribution in [3.05, 3.63) is 53.4 Å². The SMILES string of the molecule is CC(Cc1cc(C(=O)N2CCCC2)on1)c1ccccc1. The third-order valence-corrected chi connectivity index (χ3v) is 4.05. The molecule has 1 saturated heterocycles. The van der Waals surface area contributed by atoms with E-state index in [1.807, 2.05) is 23.1 Å². The molecule has 2 heterocycles. The standard InChI is InChI=1S/C17H20N2O2/c1-13(14-7-3-2-4-8-14)11-15-12-16(21-18-15)17(20)19-9-5-6-10-19/h2-4,7-8,12-13H,5-6,9-11H2,1H3. The second kappa shape index (κ2) is 6.12. The van der Waals surface area contributed by atoms with E-state index in [2.05, 4.69) is 24.2 Å². The molecule has 1 aliphatic rings. The summed E-state index contributed by atoms with van der Waals surface area (Å²) in [7, 11) is 0. The molecule has 0 radical (unpaired) electrons. The Bertz CT molecular complexity index is 600. The second-order valence-electron chi connectivity index (χ2n) is 5.70. The van der Waals surface area contributed by atoms with Crippen molar-refractivity contribution >= 4 is 5.91 Å². The zero-order valence-electron chi connectivity index (χ0n) is 12.3. The summed E-state index contributed by atoms with van der Waals surface area (Å²) in [6.07, 6.45) is 2.94. The quantitative estimate of drug-likeness (QED) is 0.865. The minimum absolute atomic E-state index is 0.0291. The highest BCUT2D eigenvalue weighted by Crippen LogP contribution is 2.21. The van der Waals surface area contributed by atoms with Gasteiger partial charge in [-0.2, -0.15) is 0 Å². The predicted molar refractivity (Wildman–Crippen MR) is 80.2 cm³/mol. The van der Waals surface area contributed by atoms with Crippen LogP contribution in [-0.4, -0.2) is 29.1 Å². The lowest BCUT2D eigenvalue weighted by atomic mass is 9.96. The highest BCUT2D eigenvalue weighted by Gasteiger charge is 2.23. The summed E-state index contributed by atoms with van der Waals surface area (Å²) >= 11 is 0. The van der Waals surface area contributed by atoms with Crippen LogP contribution in [0, 0.1) is 0 Å². The molecule has 1 fully saturated rings. The van der Waals surface area contributed by atoms with Crippen molar-refractivity contribution in [1.29, 1.82) is 0 Å². The molecule has 0 bridgehead atoms. The van der Waals surface area contributed by atoms with Gasteiger partial charge < -0.3 is 9.42 Å². The fourth-order valence-electron chi connectivity index (χ4n) is 2.80. The molecule has 4 heteroatoms. The topological polar surface area (TPSA) is 46.3 Å². The van der Waals surface area contributed by atoms with Gasteiger partial charge in [0.15, 0.2) is 0 Å². The average Bonchev–Trinajstić information content (AvgIpc) is 3.19. The molecule has 1 amide bonds. The number of amides is 1. The fraction of sp³-hybridized carbons (Fsp3) is 0.412. The van der Waals surface area contributed by atoms with Crippen LogP contribution in [0.2, 0.25) is 0 Å². The number of carbonyl (C=O) groups is 1. The van der Waals surface area contributed by atoms with Gasteiger partial charge in [-0.05, 0) is 30.7 Å². The smallest absolute Gasteiger partial charge is 0.292 e. The van der Waals surface area contributed by atoms with Crippen molar-refractivity contribution in [2.24, 2.45) is 0 Å². The Labute approximate surface area is 124 Å². The molecule has 0 spiro atoms. The maximum absolute atomic E-state index is 12.2. The molecule has 0 saturated carbocycles. The van der Waals surface area contributed by atoms with E-state index >= 15 is 0 Å². The minimum Gasteiger partial charge on any atom is -0.351 e. The van der Waals surface area contributed by atoms with Crippen LogP contribution >= 0.6 is 0 Å². The van der Waals surface area contributed by atoms with Crippen LogP contribution in [0.5, 0.6) is 0 Å². The lowest BCUT2D eigenvalue weighted by Crippen LogP contribution is -2.27. The van der Waals surface area contributed by atoms with Crippen molar-refractivity contribution in [1.82, 2.24) is 10.1 Å². The Kier molecular flexibility index (Phi) is 4.04. The Hall–Kier alpha value is -2.10. The van der Waals surface area contributed by atoms with Crippen LogP contribution in [0.4, 0.5) is 0 Å². The van der Waals surface area contributed by atoms with Crippen LogP contribution in [0.25, 0.3) is 0 Å². The summed E-state index contributed by atoms with van der Waals surface area (Å²) in [5.41, 5.74) is 2.11. The molecule has 1 atom stereocenters. The van der Waals surface area contributed by atoms with E-state index in [0.717, 1.165) is 38.0 Å². The average molecular weight is 284 g/mol. The van der Waals surface area contributed by atoms with Crippen molar-refractivity contribution in [2.75, 3.05) is 13.1 Å². The zero-order valence-corrected chi connectivity index (χ0v) is 12.3. The summed E-state index contributed by atoms with van der Waals surface area (Å²) in [6, 6.07) is 12.1. The maximum atomic E-state index is 12.2. The first-order valence-electron chi connectivity index (χ1n) is 7.54. The summed E-state index contributed by atoms with van der Waals surface area (Å²) < 4.78 is 5.23. The van der Waals surface area contributed by atoms with Gasteiger partial charge in [0.2, 0.25) is 5.76 Å². The molecular weight excluding hydrogens is 264 g/mol. The fourth-order valence-corrected chi connectivity index (χ4v) is 2.80. The molecule has 21 heavy (non-hydrogen) atoms. The molecule has 0 aliphatic carbocycles. The highest BCUT2D eigenvalue weighted by molar-refractivity contribution is 5.91. The molecule has 0 N–H and O–H groups in total. The van der Waals surface area contributed by atoms with Gasteiger partial charge in [-0.15, -0.1) is 0 Å².